The van der Waals surface area contributed by atoms with Gasteiger partial charge in [-0.3, -0.25) is 13.9 Å². The van der Waals surface area contributed by atoms with Crippen LogP contribution in [0.3, 0.4) is 0 Å². The van der Waals surface area contributed by atoms with Gasteiger partial charge in [-0.05, 0) is 49.1 Å². The van der Waals surface area contributed by atoms with Crippen molar-refractivity contribution in [1.29, 1.82) is 0 Å². The molecule has 0 aliphatic carbocycles. The molecule has 0 fully saturated rings. The predicted molar refractivity (Wildman–Crippen MR) is 123 cm³/mol. The van der Waals surface area contributed by atoms with Crippen LogP contribution in [-0.4, -0.2) is 51.0 Å². The van der Waals surface area contributed by atoms with Gasteiger partial charge in [0.05, 0.1) is 11.9 Å². The Labute approximate surface area is 189 Å². The highest BCUT2D eigenvalue weighted by Gasteiger charge is 2.32. The van der Waals surface area contributed by atoms with Gasteiger partial charge in [0.1, 0.15) is 18.4 Å². The van der Waals surface area contributed by atoms with E-state index >= 15 is 0 Å². The summed E-state index contributed by atoms with van der Waals surface area (Å²) in [6.07, 6.45) is 1.38. The highest BCUT2D eigenvalue weighted by molar-refractivity contribution is 7.92. The van der Waals surface area contributed by atoms with Crippen LogP contribution in [0.25, 0.3) is 0 Å². The molecule has 0 aliphatic rings. The molecule has 1 N–H and O–H groups in total. The number of nitrogens with one attached hydrogen (secondary N) is 1. The van der Waals surface area contributed by atoms with Gasteiger partial charge in [0.2, 0.25) is 21.8 Å². The molecule has 0 bridgehead atoms. The minimum atomic E-state index is -3.79. The SMILES string of the molecule is CCC(C(=O)NC)N(Cc1ccc(F)cc1)C(=O)CN(c1c(C)cccc1C)S(C)(=O)=O. The fraction of sp³-hybridized carbons (Fsp3) is 0.391. The van der Waals surface area contributed by atoms with Crippen LogP contribution in [0.5, 0.6) is 0 Å². The van der Waals surface area contributed by atoms with Gasteiger partial charge in [-0.25, -0.2) is 12.8 Å². The van der Waals surface area contributed by atoms with E-state index in [4.69, 9.17) is 0 Å². The Morgan fingerprint density at radius 1 is 1.06 bits per heavy atom. The van der Waals surface area contributed by atoms with E-state index in [1.54, 1.807) is 32.9 Å². The van der Waals surface area contributed by atoms with E-state index < -0.39 is 34.3 Å². The molecule has 0 spiro atoms. The third kappa shape index (κ3) is 6.06. The van der Waals surface area contributed by atoms with Gasteiger partial charge in [-0.2, -0.15) is 0 Å². The highest BCUT2D eigenvalue weighted by Crippen LogP contribution is 2.27. The maximum atomic E-state index is 13.5. The molecule has 1 atom stereocenters. The van der Waals surface area contributed by atoms with E-state index in [2.05, 4.69) is 5.32 Å². The number of sulfonamides is 1. The number of likely N-dealkylation sites (N-methyl/N-ethyl adjacent to an activating group) is 1. The number of hydrogen-bond acceptors (Lipinski definition) is 4. The summed E-state index contributed by atoms with van der Waals surface area (Å²) < 4.78 is 39.7. The minimum Gasteiger partial charge on any atom is -0.357 e. The molecule has 0 saturated heterocycles. The Bertz CT molecular complexity index is 1050. The van der Waals surface area contributed by atoms with Crippen LogP contribution in [-0.2, 0) is 26.2 Å². The number of nitrogens with zero attached hydrogens (tertiary/aromatic N) is 2. The summed E-state index contributed by atoms with van der Waals surface area (Å²) in [4.78, 5) is 27.3. The zero-order valence-electron chi connectivity index (χ0n) is 19.1. The summed E-state index contributed by atoms with van der Waals surface area (Å²) in [5.74, 6) is -1.30. The van der Waals surface area contributed by atoms with Gasteiger partial charge in [0.15, 0.2) is 0 Å². The number of aryl methyl sites for hydroxylation is 2. The van der Waals surface area contributed by atoms with E-state index in [9.17, 15) is 22.4 Å². The van der Waals surface area contributed by atoms with Gasteiger partial charge >= 0.3 is 0 Å². The molecule has 2 rings (SSSR count). The molecule has 9 heteroatoms. The zero-order valence-corrected chi connectivity index (χ0v) is 19.9. The van der Waals surface area contributed by atoms with Crippen molar-refractivity contribution in [3.05, 3.63) is 65.0 Å². The number of carbonyl (C=O) groups excluding carboxylic acids is 2. The Morgan fingerprint density at radius 3 is 2.09 bits per heavy atom. The monoisotopic (exact) mass is 463 g/mol. The summed E-state index contributed by atoms with van der Waals surface area (Å²) >= 11 is 0. The number of benzene rings is 2. The standard InChI is InChI=1S/C23H30FN3O4S/c1-6-20(23(29)25-4)26(14-18-10-12-19(24)13-11-18)21(28)15-27(32(5,30)31)22-16(2)8-7-9-17(22)3/h7-13,20H,6,14-15H2,1-5H3,(H,25,29). The number of amides is 2. The van der Waals surface area contributed by atoms with Crippen molar-refractivity contribution >= 4 is 27.5 Å². The second kappa shape index (κ2) is 10.6. The van der Waals surface area contributed by atoms with E-state index in [1.807, 2.05) is 6.07 Å². The van der Waals surface area contributed by atoms with Crippen molar-refractivity contribution in [3.8, 4) is 0 Å². The number of anilines is 1. The Morgan fingerprint density at radius 2 is 1.62 bits per heavy atom. The summed E-state index contributed by atoms with van der Waals surface area (Å²) in [6, 6.07) is 10.2. The number of halogens is 1. The van der Waals surface area contributed by atoms with Gasteiger partial charge in [-0.15, -0.1) is 0 Å². The Balaban J connectivity index is 2.48. The molecule has 7 nitrogen and oxygen atoms in total. The Hall–Kier alpha value is -2.94. The van der Waals surface area contributed by atoms with Crippen molar-refractivity contribution in [1.82, 2.24) is 10.2 Å². The number of para-hydroxylation sites is 1. The lowest BCUT2D eigenvalue weighted by Gasteiger charge is -2.33. The van der Waals surface area contributed by atoms with E-state index in [1.165, 1.54) is 36.2 Å². The summed E-state index contributed by atoms with van der Waals surface area (Å²) in [6.45, 7) is 4.90. The fourth-order valence-corrected chi connectivity index (χ4v) is 4.61. The minimum absolute atomic E-state index is 0.0371. The lowest BCUT2D eigenvalue weighted by molar-refractivity contribution is -0.140. The molecule has 0 aromatic heterocycles. The predicted octanol–water partition coefficient (Wildman–Crippen LogP) is 2.76. The zero-order chi connectivity index (χ0) is 24.1. The third-order valence-corrected chi connectivity index (χ3v) is 6.38. The van der Waals surface area contributed by atoms with Crippen molar-refractivity contribution in [2.75, 3.05) is 24.2 Å². The first-order valence-corrected chi connectivity index (χ1v) is 12.1. The molecule has 2 amide bonds. The van der Waals surface area contributed by atoms with E-state index in [0.717, 1.165) is 10.6 Å². The normalized spacial score (nSPS) is 12.2. The summed E-state index contributed by atoms with van der Waals surface area (Å²) in [7, 11) is -2.32. The average molecular weight is 464 g/mol. The smallest absolute Gasteiger partial charge is 0.244 e. The van der Waals surface area contributed by atoms with Crippen LogP contribution >= 0.6 is 0 Å². The number of carbonyl (C=O) groups is 2. The molecule has 2 aromatic carbocycles. The second-order valence-electron chi connectivity index (χ2n) is 7.70. The summed E-state index contributed by atoms with van der Waals surface area (Å²) in [5.41, 5.74) is 2.50. The number of hydrogen-bond donors (Lipinski definition) is 1. The van der Waals surface area contributed by atoms with Crippen molar-refractivity contribution < 1.29 is 22.4 Å². The van der Waals surface area contributed by atoms with Gasteiger partial charge < -0.3 is 10.2 Å². The van der Waals surface area contributed by atoms with Crippen LogP contribution in [0.15, 0.2) is 42.5 Å². The molecule has 0 saturated carbocycles. The van der Waals surface area contributed by atoms with Crippen molar-refractivity contribution in [2.45, 2.75) is 39.8 Å². The van der Waals surface area contributed by atoms with Gasteiger partial charge in [0, 0.05) is 13.6 Å². The second-order valence-corrected chi connectivity index (χ2v) is 9.60. The van der Waals surface area contributed by atoms with Crippen molar-refractivity contribution in [2.24, 2.45) is 0 Å². The first-order chi connectivity index (χ1) is 15.0. The maximum absolute atomic E-state index is 13.5. The van der Waals surface area contributed by atoms with Crippen LogP contribution in [0.4, 0.5) is 10.1 Å². The summed E-state index contributed by atoms with van der Waals surface area (Å²) in [5, 5.41) is 2.56. The quantitative estimate of drug-likeness (QED) is 0.620. The molecular formula is C23H30FN3O4S. The molecule has 32 heavy (non-hydrogen) atoms. The Kier molecular flexibility index (Phi) is 8.38. The molecule has 0 radical (unpaired) electrons. The number of rotatable bonds is 9. The third-order valence-electron chi connectivity index (χ3n) is 5.27. The first kappa shape index (κ1) is 25.3. The van der Waals surface area contributed by atoms with Gasteiger partial charge in [-0.1, -0.05) is 37.3 Å². The molecule has 0 heterocycles. The van der Waals surface area contributed by atoms with Gasteiger partial charge in [0.25, 0.3) is 0 Å². The first-order valence-electron chi connectivity index (χ1n) is 10.3. The maximum Gasteiger partial charge on any atom is 0.244 e. The van der Waals surface area contributed by atoms with E-state index in [-0.39, 0.29) is 12.5 Å². The fourth-order valence-electron chi connectivity index (χ4n) is 3.65. The molecule has 2 aromatic rings. The van der Waals surface area contributed by atoms with Crippen molar-refractivity contribution in [3.63, 3.8) is 0 Å². The lowest BCUT2D eigenvalue weighted by Crippen LogP contribution is -2.51. The van der Waals surface area contributed by atoms with Crippen LogP contribution in [0.2, 0.25) is 0 Å². The average Bonchev–Trinajstić information content (AvgIpc) is 2.73. The van der Waals surface area contributed by atoms with E-state index in [0.29, 0.717) is 28.8 Å². The van der Waals surface area contributed by atoms with Crippen LogP contribution in [0.1, 0.15) is 30.0 Å². The topological polar surface area (TPSA) is 86.8 Å². The van der Waals surface area contributed by atoms with Crippen LogP contribution in [0, 0.1) is 19.7 Å². The molecule has 1 unspecified atom stereocenters. The largest absolute Gasteiger partial charge is 0.357 e. The van der Waals surface area contributed by atoms with Crippen LogP contribution < -0.4 is 9.62 Å². The molecule has 174 valence electrons. The highest BCUT2D eigenvalue weighted by atomic mass is 32.2. The lowest BCUT2D eigenvalue weighted by atomic mass is 10.1. The molecular weight excluding hydrogens is 433 g/mol. The molecule has 0 aliphatic heterocycles.